The molecule has 2 aromatic rings. The van der Waals surface area contributed by atoms with Crippen molar-refractivity contribution >= 4 is 22.8 Å². The molecule has 0 atom stereocenters. The van der Waals surface area contributed by atoms with E-state index >= 15 is 0 Å². The predicted octanol–water partition coefficient (Wildman–Crippen LogP) is 0.822. The van der Waals surface area contributed by atoms with Gasteiger partial charge < -0.3 is 20.1 Å². The van der Waals surface area contributed by atoms with Crippen LogP contribution in [0, 0.1) is 0 Å². The first-order chi connectivity index (χ1) is 13.0. The number of ether oxygens (including phenoxy) is 2. The molecule has 2 heterocycles. The highest BCUT2D eigenvalue weighted by molar-refractivity contribution is 7.13. The van der Waals surface area contributed by atoms with E-state index in [1.165, 1.54) is 15.9 Å². The van der Waals surface area contributed by atoms with E-state index in [2.05, 4.69) is 15.2 Å². The minimum absolute atomic E-state index is 0.142. The number of hydrogen-bond acceptors (Lipinski definition) is 9. The third-order valence-corrected chi connectivity index (χ3v) is 4.69. The van der Waals surface area contributed by atoms with Gasteiger partial charge in [-0.25, -0.2) is 4.79 Å². The molecule has 0 spiro atoms. The van der Waals surface area contributed by atoms with Gasteiger partial charge >= 0.3 is 5.69 Å². The van der Waals surface area contributed by atoms with E-state index in [1.807, 2.05) is 13.8 Å². The molecule has 27 heavy (non-hydrogen) atoms. The second kappa shape index (κ2) is 10.1. The monoisotopic (exact) mass is 398 g/mol. The average molecular weight is 398 g/mol. The molecule has 0 aliphatic heterocycles. The lowest BCUT2D eigenvalue weighted by molar-refractivity contribution is 0.205. The van der Waals surface area contributed by atoms with Gasteiger partial charge in [-0.1, -0.05) is 29.8 Å². The minimum Gasteiger partial charge on any atom is -0.469 e. The number of hydrogen-bond donors (Lipinski definition) is 2. The summed E-state index contributed by atoms with van der Waals surface area (Å²) >= 11 is 1.30. The Bertz CT molecular complexity index is 846. The number of aromatic nitrogens is 4. The molecule has 0 amide bonds. The van der Waals surface area contributed by atoms with E-state index in [9.17, 15) is 9.59 Å². The van der Waals surface area contributed by atoms with Crippen LogP contribution < -0.4 is 26.6 Å². The van der Waals surface area contributed by atoms with Crippen molar-refractivity contribution in [2.24, 2.45) is 0 Å². The SMILES string of the molecule is CCCCn1c(N)c(N(CCOC)Cc2nnc(OCC)s2)c(=O)[nH]c1=O. The topological polar surface area (TPSA) is 128 Å². The lowest BCUT2D eigenvalue weighted by Crippen LogP contribution is -2.39. The summed E-state index contributed by atoms with van der Waals surface area (Å²) in [6, 6.07) is 0. The molecule has 0 saturated carbocycles. The first-order valence-corrected chi connectivity index (χ1v) is 9.65. The van der Waals surface area contributed by atoms with Gasteiger partial charge in [-0.2, -0.15) is 0 Å². The highest BCUT2D eigenvalue weighted by atomic mass is 32.1. The van der Waals surface area contributed by atoms with Crippen LogP contribution in [0.1, 0.15) is 31.7 Å². The van der Waals surface area contributed by atoms with Crippen molar-refractivity contribution in [1.29, 1.82) is 0 Å². The zero-order valence-corrected chi connectivity index (χ0v) is 16.7. The number of nitrogen functional groups attached to an aromatic ring is 1. The number of rotatable bonds is 11. The lowest BCUT2D eigenvalue weighted by Gasteiger charge is -2.24. The number of methoxy groups -OCH3 is 1. The second-order valence-electron chi connectivity index (χ2n) is 5.81. The fraction of sp³-hybridized carbons (Fsp3) is 0.625. The van der Waals surface area contributed by atoms with Crippen LogP contribution in [0.3, 0.4) is 0 Å². The normalized spacial score (nSPS) is 10.9. The molecule has 2 aromatic heterocycles. The van der Waals surface area contributed by atoms with Gasteiger partial charge in [-0.05, 0) is 13.3 Å². The number of anilines is 2. The van der Waals surface area contributed by atoms with Crippen LogP contribution in [0.2, 0.25) is 0 Å². The maximum absolute atomic E-state index is 12.5. The maximum Gasteiger partial charge on any atom is 0.330 e. The Labute approximate surface area is 160 Å². The van der Waals surface area contributed by atoms with Crippen molar-refractivity contribution in [1.82, 2.24) is 19.7 Å². The Morgan fingerprint density at radius 1 is 1.30 bits per heavy atom. The molecule has 0 saturated heterocycles. The highest BCUT2D eigenvalue weighted by Crippen LogP contribution is 2.23. The van der Waals surface area contributed by atoms with Crippen LogP contribution in [0.25, 0.3) is 0 Å². The first kappa shape index (κ1) is 20.9. The number of nitrogens with zero attached hydrogens (tertiary/aromatic N) is 4. The molecule has 0 radical (unpaired) electrons. The van der Waals surface area contributed by atoms with E-state index in [0.29, 0.717) is 43.0 Å². The van der Waals surface area contributed by atoms with Gasteiger partial charge in [0, 0.05) is 20.2 Å². The Hall–Kier alpha value is -2.40. The lowest BCUT2D eigenvalue weighted by atomic mass is 10.3. The zero-order valence-electron chi connectivity index (χ0n) is 15.9. The summed E-state index contributed by atoms with van der Waals surface area (Å²) in [5.41, 5.74) is 5.41. The van der Waals surface area contributed by atoms with Gasteiger partial charge in [0.25, 0.3) is 10.8 Å². The molecule has 0 aliphatic rings. The Balaban J connectivity index is 2.39. The average Bonchev–Trinajstić information content (AvgIpc) is 3.06. The van der Waals surface area contributed by atoms with E-state index in [1.54, 1.807) is 12.0 Å². The minimum atomic E-state index is -0.532. The molecule has 10 nitrogen and oxygen atoms in total. The fourth-order valence-corrected chi connectivity index (χ4v) is 3.30. The molecule has 0 bridgehead atoms. The van der Waals surface area contributed by atoms with Crippen molar-refractivity contribution in [3.63, 3.8) is 0 Å². The molecular weight excluding hydrogens is 372 g/mol. The van der Waals surface area contributed by atoms with Crippen LogP contribution in [-0.2, 0) is 17.8 Å². The Morgan fingerprint density at radius 3 is 2.74 bits per heavy atom. The van der Waals surface area contributed by atoms with Crippen LogP contribution in [0.4, 0.5) is 11.5 Å². The quantitative estimate of drug-likeness (QED) is 0.569. The Morgan fingerprint density at radius 2 is 2.07 bits per heavy atom. The van der Waals surface area contributed by atoms with Crippen LogP contribution in [-0.4, -0.2) is 46.6 Å². The molecule has 150 valence electrons. The number of nitrogens with one attached hydrogen (secondary N) is 1. The van der Waals surface area contributed by atoms with Crippen molar-refractivity contribution in [2.75, 3.05) is 37.5 Å². The predicted molar refractivity (Wildman–Crippen MR) is 105 cm³/mol. The molecule has 11 heteroatoms. The molecule has 3 N–H and O–H groups in total. The molecular formula is C16H26N6O4S. The van der Waals surface area contributed by atoms with E-state index < -0.39 is 11.2 Å². The van der Waals surface area contributed by atoms with Gasteiger partial charge in [0.15, 0.2) is 0 Å². The van der Waals surface area contributed by atoms with E-state index in [-0.39, 0.29) is 11.5 Å². The maximum atomic E-state index is 12.5. The van der Waals surface area contributed by atoms with Crippen molar-refractivity contribution in [3.8, 4) is 5.19 Å². The van der Waals surface area contributed by atoms with E-state index in [4.69, 9.17) is 15.2 Å². The molecule has 0 unspecified atom stereocenters. The highest BCUT2D eigenvalue weighted by Gasteiger charge is 2.20. The Kier molecular flexibility index (Phi) is 7.80. The molecule has 2 rings (SSSR count). The van der Waals surface area contributed by atoms with Gasteiger partial charge in [0.1, 0.15) is 16.5 Å². The number of H-pyrrole nitrogens is 1. The summed E-state index contributed by atoms with van der Waals surface area (Å²) in [6.45, 7) is 5.90. The molecule has 0 aromatic carbocycles. The second-order valence-corrected chi connectivity index (χ2v) is 6.83. The third kappa shape index (κ3) is 5.30. The number of nitrogens with two attached hydrogens (primary N) is 1. The van der Waals surface area contributed by atoms with Crippen molar-refractivity contribution in [2.45, 2.75) is 39.8 Å². The van der Waals surface area contributed by atoms with Gasteiger partial charge in [-0.3, -0.25) is 14.3 Å². The van der Waals surface area contributed by atoms with Crippen molar-refractivity contribution in [3.05, 3.63) is 25.8 Å². The molecule has 0 fully saturated rings. The first-order valence-electron chi connectivity index (χ1n) is 8.83. The molecule has 0 aliphatic carbocycles. The largest absolute Gasteiger partial charge is 0.469 e. The van der Waals surface area contributed by atoms with Gasteiger partial charge in [-0.15, -0.1) is 5.10 Å². The summed E-state index contributed by atoms with van der Waals surface area (Å²) < 4.78 is 11.9. The zero-order chi connectivity index (χ0) is 19.8. The summed E-state index contributed by atoms with van der Waals surface area (Å²) in [7, 11) is 1.58. The summed E-state index contributed by atoms with van der Waals surface area (Å²) in [5.74, 6) is 0.142. The van der Waals surface area contributed by atoms with Gasteiger partial charge in [0.2, 0.25) is 0 Å². The van der Waals surface area contributed by atoms with Crippen LogP contribution in [0.5, 0.6) is 5.19 Å². The summed E-state index contributed by atoms with van der Waals surface area (Å²) in [5, 5.41) is 9.20. The van der Waals surface area contributed by atoms with E-state index in [0.717, 1.165) is 12.8 Å². The van der Waals surface area contributed by atoms with Crippen LogP contribution in [0.15, 0.2) is 9.59 Å². The van der Waals surface area contributed by atoms with Gasteiger partial charge in [0.05, 0.1) is 19.8 Å². The third-order valence-electron chi connectivity index (χ3n) is 3.87. The summed E-state index contributed by atoms with van der Waals surface area (Å²) in [4.78, 5) is 28.7. The summed E-state index contributed by atoms with van der Waals surface area (Å²) in [6.07, 6.45) is 1.68. The number of unbranched alkanes of at least 4 members (excludes halogenated alkanes) is 1. The fourth-order valence-electron chi connectivity index (χ4n) is 2.54. The van der Waals surface area contributed by atoms with Crippen molar-refractivity contribution < 1.29 is 9.47 Å². The number of aromatic amines is 1. The van der Waals surface area contributed by atoms with Crippen LogP contribution >= 0.6 is 11.3 Å². The smallest absolute Gasteiger partial charge is 0.330 e. The standard InChI is InChI=1S/C16H26N6O4S/c1-4-6-7-22-13(17)12(14(23)18-15(22)24)21(8-9-25-3)10-11-19-20-16(27-11)26-5-2/h4-10,17H2,1-3H3,(H,18,23,24).